The summed E-state index contributed by atoms with van der Waals surface area (Å²) in [5.74, 6) is -2.86. The minimum atomic E-state index is -1.40. The molecule has 63 heavy (non-hydrogen) atoms. The van der Waals surface area contributed by atoms with Gasteiger partial charge in [0, 0.05) is 6.04 Å². The molecule has 5 fully saturated rings. The molecule has 2 saturated carbocycles. The third-order valence-corrected chi connectivity index (χ3v) is 13.0. The van der Waals surface area contributed by atoms with Crippen molar-refractivity contribution in [2.75, 3.05) is 13.2 Å². The molecule has 0 amide bonds. The largest absolute Gasteiger partial charge is 0.388 e. The Labute approximate surface area is 371 Å². The Hall–Kier alpha value is -3.60. The van der Waals surface area contributed by atoms with E-state index in [4.69, 9.17) is 47.4 Å². The number of aliphatic hydroxyl groups is 1. The molecule has 3 heterocycles. The van der Waals surface area contributed by atoms with Crippen LogP contribution in [0.5, 0.6) is 0 Å². The summed E-state index contributed by atoms with van der Waals surface area (Å²) in [6.07, 6.45) is -4.89. The van der Waals surface area contributed by atoms with Crippen LogP contribution in [0.25, 0.3) is 0 Å². The highest BCUT2D eigenvalue weighted by molar-refractivity contribution is 5.22. The van der Waals surface area contributed by atoms with Gasteiger partial charge in [-0.3, -0.25) is 0 Å². The minimum Gasteiger partial charge on any atom is -0.388 e. The number of fused-ring (bicyclic) bond motifs is 2. The van der Waals surface area contributed by atoms with Crippen LogP contribution in [0.1, 0.15) is 70.2 Å². The van der Waals surface area contributed by atoms with Crippen molar-refractivity contribution >= 4 is 0 Å². The number of benzene rings is 4. The first kappa shape index (κ1) is 44.6. The molecule has 338 valence electrons. The van der Waals surface area contributed by atoms with E-state index >= 15 is 0 Å². The number of aliphatic hydroxyl groups excluding tert-OH is 1. The Bertz CT molecular complexity index is 2090. The molecule has 9 rings (SSSR count). The van der Waals surface area contributed by atoms with Gasteiger partial charge in [-0.15, -0.1) is 0 Å². The van der Waals surface area contributed by atoms with Gasteiger partial charge in [0.05, 0.1) is 45.7 Å². The summed E-state index contributed by atoms with van der Waals surface area (Å²) in [5.41, 5.74) is 1.61. The smallest absolute Gasteiger partial charge is 0.164 e. The first-order chi connectivity index (χ1) is 30.2. The molecule has 4 aromatic rings. The predicted octanol–water partition coefficient (Wildman–Crippen LogP) is 7.00. The molecule has 0 radical (unpaired) electrons. The first-order valence-electron chi connectivity index (χ1n) is 22.3. The van der Waals surface area contributed by atoms with E-state index in [2.05, 4.69) is 5.32 Å². The highest BCUT2D eigenvalue weighted by Gasteiger charge is 2.69. The van der Waals surface area contributed by atoms with Gasteiger partial charge in [-0.25, -0.2) is 0 Å². The Morgan fingerprint density at radius 2 is 1.00 bits per heavy atom. The van der Waals surface area contributed by atoms with Crippen molar-refractivity contribution in [2.45, 2.75) is 158 Å². The zero-order valence-electron chi connectivity index (χ0n) is 37.2. The molecule has 2 spiro atoms. The third kappa shape index (κ3) is 9.56. The fourth-order valence-electron chi connectivity index (χ4n) is 10.2. The van der Waals surface area contributed by atoms with Gasteiger partial charge in [-0.05, 0) is 70.2 Å². The molecular formula is C51H63NO11. The summed E-state index contributed by atoms with van der Waals surface area (Å²) in [6, 6.07) is 38.8. The lowest BCUT2D eigenvalue weighted by atomic mass is 9.71. The van der Waals surface area contributed by atoms with Crippen molar-refractivity contribution in [1.82, 2.24) is 5.32 Å². The van der Waals surface area contributed by atoms with E-state index in [1.165, 1.54) is 0 Å². The number of hydrogen-bond acceptors (Lipinski definition) is 12. The van der Waals surface area contributed by atoms with E-state index in [1.807, 2.05) is 163 Å². The molecule has 11 atom stereocenters. The molecule has 3 saturated heterocycles. The van der Waals surface area contributed by atoms with Crippen molar-refractivity contribution in [3.05, 3.63) is 144 Å². The van der Waals surface area contributed by atoms with Crippen LogP contribution in [0, 0.1) is 0 Å². The SMILES string of the molecule is CC1(C)O[C@@H]2[C@@H](OCc3ccccc3)[C@@H](N[C@@H]3[C@H](OCc4ccccc4)[C@@H](OCc4ccccc4)[C@H](OCc4ccccc4)[C@@]4(COC(C)(C)O4)[C@H]3O)C[C@]3(COC(C)(C)O3)[C@H]2O1. The second-order valence-electron chi connectivity index (χ2n) is 19.1. The normalized spacial score (nSPS) is 35.3. The first-order valence-corrected chi connectivity index (χ1v) is 22.3. The standard InChI is InChI=1S/C51H63NO11/c1-47(2)58-32-50(62-47)27-38(40(43-45(50)61-49(5,6)60-43)54-28-34-19-11-7-12-20-34)52-39-41(55-29-35-21-13-8-14-22-35)42(56-30-36-23-15-9-16-24-36)46(57-31-37-25-17-10-18-26-37)51(44(39)53)33-59-48(3,4)63-51/h7-26,38-46,52-53H,27-33H2,1-6H3/t38-,39+,40-,41-,42+,43+,44-,45-,46-,50-,51+/m0/s1. The van der Waals surface area contributed by atoms with Gasteiger partial charge in [0.15, 0.2) is 23.0 Å². The third-order valence-electron chi connectivity index (χ3n) is 13.0. The maximum atomic E-state index is 13.3. The van der Waals surface area contributed by atoms with E-state index < -0.39 is 83.4 Å². The van der Waals surface area contributed by atoms with Gasteiger partial charge < -0.3 is 57.8 Å². The van der Waals surface area contributed by atoms with Gasteiger partial charge in [-0.2, -0.15) is 0 Å². The minimum absolute atomic E-state index is 0.0406. The van der Waals surface area contributed by atoms with Crippen molar-refractivity contribution < 1.29 is 52.5 Å². The lowest BCUT2D eigenvalue weighted by Crippen LogP contribution is -2.78. The van der Waals surface area contributed by atoms with Crippen LogP contribution in [0.15, 0.2) is 121 Å². The number of rotatable bonds is 14. The van der Waals surface area contributed by atoms with Crippen LogP contribution in [0.2, 0.25) is 0 Å². The second-order valence-corrected chi connectivity index (χ2v) is 19.1. The van der Waals surface area contributed by atoms with Gasteiger partial charge in [0.2, 0.25) is 0 Å². The zero-order chi connectivity index (χ0) is 43.9. The predicted molar refractivity (Wildman–Crippen MR) is 233 cm³/mol. The summed E-state index contributed by atoms with van der Waals surface area (Å²) >= 11 is 0. The van der Waals surface area contributed by atoms with Crippen LogP contribution in [0.4, 0.5) is 0 Å². The second kappa shape index (κ2) is 18.0. The summed E-state index contributed by atoms with van der Waals surface area (Å²) < 4.78 is 68.2. The van der Waals surface area contributed by atoms with Gasteiger partial charge in [-0.1, -0.05) is 121 Å². The summed E-state index contributed by atoms with van der Waals surface area (Å²) in [4.78, 5) is 0. The van der Waals surface area contributed by atoms with Crippen molar-refractivity contribution in [2.24, 2.45) is 0 Å². The number of ether oxygens (including phenoxy) is 10. The molecule has 2 aliphatic carbocycles. The van der Waals surface area contributed by atoms with Crippen LogP contribution in [-0.4, -0.2) is 102 Å². The molecule has 0 bridgehead atoms. The summed E-state index contributed by atoms with van der Waals surface area (Å²) in [5, 5.41) is 17.2. The molecule has 0 unspecified atom stereocenters. The van der Waals surface area contributed by atoms with Crippen LogP contribution < -0.4 is 5.32 Å². The van der Waals surface area contributed by atoms with E-state index in [0.717, 1.165) is 22.3 Å². The highest BCUT2D eigenvalue weighted by Crippen LogP contribution is 2.51. The van der Waals surface area contributed by atoms with E-state index in [0.29, 0.717) is 13.0 Å². The molecule has 2 N–H and O–H groups in total. The van der Waals surface area contributed by atoms with Gasteiger partial charge in [0.1, 0.15) is 48.3 Å². The molecule has 12 heteroatoms. The summed E-state index contributed by atoms with van der Waals surface area (Å²) in [6.45, 7) is 12.8. The van der Waals surface area contributed by atoms with Crippen molar-refractivity contribution in [3.8, 4) is 0 Å². The lowest BCUT2D eigenvalue weighted by Gasteiger charge is -2.55. The van der Waals surface area contributed by atoms with Crippen molar-refractivity contribution in [3.63, 3.8) is 0 Å². The highest BCUT2D eigenvalue weighted by atomic mass is 16.8. The molecule has 0 aromatic heterocycles. The monoisotopic (exact) mass is 865 g/mol. The van der Waals surface area contributed by atoms with Gasteiger partial charge >= 0.3 is 0 Å². The average Bonchev–Trinajstić information content (AvgIpc) is 3.91. The van der Waals surface area contributed by atoms with E-state index in [1.54, 1.807) is 0 Å². The zero-order valence-corrected chi connectivity index (χ0v) is 37.2. The Kier molecular flexibility index (Phi) is 12.7. The molecule has 3 aliphatic heterocycles. The van der Waals surface area contributed by atoms with Crippen LogP contribution in [0.3, 0.4) is 0 Å². The maximum Gasteiger partial charge on any atom is 0.164 e. The summed E-state index contributed by atoms with van der Waals surface area (Å²) in [7, 11) is 0. The van der Waals surface area contributed by atoms with E-state index in [-0.39, 0.29) is 33.0 Å². The van der Waals surface area contributed by atoms with E-state index in [9.17, 15) is 5.11 Å². The fraction of sp³-hybridized carbons (Fsp3) is 0.529. The van der Waals surface area contributed by atoms with Crippen LogP contribution in [-0.2, 0) is 73.8 Å². The Balaban J connectivity index is 1.14. The lowest BCUT2D eigenvalue weighted by molar-refractivity contribution is -0.296. The number of hydrogen-bond donors (Lipinski definition) is 2. The fourth-order valence-corrected chi connectivity index (χ4v) is 10.2. The maximum absolute atomic E-state index is 13.3. The number of nitrogens with one attached hydrogen (secondary N) is 1. The quantitative estimate of drug-likeness (QED) is 0.136. The van der Waals surface area contributed by atoms with Gasteiger partial charge in [0.25, 0.3) is 0 Å². The Morgan fingerprint density at radius 1 is 0.540 bits per heavy atom. The topological polar surface area (TPSA) is 125 Å². The average molecular weight is 866 g/mol. The molecule has 5 aliphatic rings. The molecular weight excluding hydrogens is 803 g/mol. The molecule has 4 aromatic carbocycles. The van der Waals surface area contributed by atoms with Crippen molar-refractivity contribution in [1.29, 1.82) is 0 Å². The van der Waals surface area contributed by atoms with Crippen LogP contribution >= 0.6 is 0 Å². The molecule has 12 nitrogen and oxygen atoms in total. The Morgan fingerprint density at radius 3 is 1.48 bits per heavy atom.